The van der Waals surface area contributed by atoms with E-state index in [4.69, 9.17) is 5.10 Å². The third-order valence-corrected chi connectivity index (χ3v) is 6.49. The Labute approximate surface area is 194 Å². The molecule has 170 valence electrons. The van der Waals surface area contributed by atoms with Gasteiger partial charge < -0.3 is 5.32 Å². The zero-order valence-corrected chi connectivity index (χ0v) is 19.2. The minimum Gasteiger partial charge on any atom is -0.312 e. The van der Waals surface area contributed by atoms with Gasteiger partial charge in [0.05, 0.1) is 5.69 Å². The fourth-order valence-corrected chi connectivity index (χ4v) is 4.73. The first-order chi connectivity index (χ1) is 16.3. The SMILES string of the molecule is Cn1cc(CNCCc2nc(-c3ccncc3)n[nH]2)c(-c2ccc(C3CCCCC3)cc2)n1. The second-order valence-electron chi connectivity index (χ2n) is 8.90. The Hall–Kier alpha value is -3.32. The summed E-state index contributed by atoms with van der Waals surface area (Å²) in [4.78, 5) is 8.63. The van der Waals surface area contributed by atoms with Gasteiger partial charge in [0.15, 0.2) is 5.82 Å². The van der Waals surface area contributed by atoms with Crippen LogP contribution in [0.25, 0.3) is 22.6 Å². The Bertz CT molecular complexity index is 1160. The number of nitrogens with zero attached hydrogens (tertiary/aromatic N) is 5. The van der Waals surface area contributed by atoms with Crippen molar-refractivity contribution in [1.82, 2.24) is 35.3 Å². The molecule has 2 N–H and O–H groups in total. The van der Waals surface area contributed by atoms with Crippen molar-refractivity contribution in [2.75, 3.05) is 6.54 Å². The zero-order chi connectivity index (χ0) is 22.5. The van der Waals surface area contributed by atoms with Crippen LogP contribution in [-0.4, -0.2) is 36.5 Å². The van der Waals surface area contributed by atoms with Gasteiger partial charge >= 0.3 is 0 Å². The lowest BCUT2D eigenvalue weighted by atomic mass is 9.84. The molecule has 3 aromatic heterocycles. The summed E-state index contributed by atoms with van der Waals surface area (Å²) in [5.74, 6) is 2.31. The van der Waals surface area contributed by atoms with Crippen molar-refractivity contribution in [2.24, 2.45) is 7.05 Å². The number of aryl methyl sites for hydroxylation is 1. The lowest BCUT2D eigenvalue weighted by Crippen LogP contribution is -2.17. The summed E-state index contributed by atoms with van der Waals surface area (Å²) < 4.78 is 1.90. The van der Waals surface area contributed by atoms with Gasteiger partial charge in [0.1, 0.15) is 5.82 Å². The molecule has 0 amide bonds. The van der Waals surface area contributed by atoms with Gasteiger partial charge in [-0.3, -0.25) is 14.8 Å². The maximum atomic E-state index is 4.74. The lowest BCUT2D eigenvalue weighted by molar-refractivity contribution is 0.443. The molecule has 1 aliphatic carbocycles. The average Bonchev–Trinajstić information content (AvgIpc) is 3.50. The second kappa shape index (κ2) is 10.1. The largest absolute Gasteiger partial charge is 0.312 e. The Morgan fingerprint density at radius 2 is 1.79 bits per heavy atom. The smallest absolute Gasteiger partial charge is 0.181 e. The van der Waals surface area contributed by atoms with Crippen molar-refractivity contribution >= 4 is 0 Å². The van der Waals surface area contributed by atoms with Gasteiger partial charge in [-0.1, -0.05) is 43.5 Å². The van der Waals surface area contributed by atoms with Gasteiger partial charge in [0.2, 0.25) is 0 Å². The standard InChI is InChI=1S/C26H31N7/c1-33-18-23(17-28-16-13-24-29-26(31-30-24)22-11-14-27-15-12-22)25(32-33)21-9-7-20(8-10-21)19-5-3-2-4-6-19/h7-12,14-15,18-19,28H,2-6,13,16-17H2,1H3,(H,29,30,31). The van der Waals surface area contributed by atoms with E-state index in [2.05, 4.69) is 55.9 Å². The number of pyridine rings is 1. The molecule has 7 heteroatoms. The van der Waals surface area contributed by atoms with E-state index in [9.17, 15) is 0 Å². The molecule has 0 saturated heterocycles. The van der Waals surface area contributed by atoms with Gasteiger partial charge in [-0.2, -0.15) is 10.2 Å². The van der Waals surface area contributed by atoms with Crippen LogP contribution >= 0.6 is 0 Å². The minimum absolute atomic E-state index is 0.707. The molecule has 33 heavy (non-hydrogen) atoms. The molecular weight excluding hydrogens is 410 g/mol. The van der Waals surface area contributed by atoms with Gasteiger partial charge in [0.25, 0.3) is 0 Å². The fraction of sp³-hybridized carbons (Fsp3) is 0.385. The van der Waals surface area contributed by atoms with Crippen molar-refractivity contribution in [1.29, 1.82) is 0 Å². The van der Waals surface area contributed by atoms with Crippen LogP contribution in [0.2, 0.25) is 0 Å². The number of benzene rings is 1. The first kappa shape index (κ1) is 21.5. The fourth-order valence-electron chi connectivity index (χ4n) is 4.73. The molecule has 7 nitrogen and oxygen atoms in total. The van der Waals surface area contributed by atoms with Crippen LogP contribution in [0.1, 0.15) is 55.0 Å². The Kier molecular flexibility index (Phi) is 6.58. The monoisotopic (exact) mass is 441 g/mol. The van der Waals surface area contributed by atoms with E-state index in [-0.39, 0.29) is 0 Å². The van der Waals surface area contributed by atoms with Crippen LogP contribution in [0.15, 0.2) is 55.0 Å². The van der Waals surface area contributed by atoms with Crippen molar-refractivity contribution in [3.8, 4) is 22.6 Å². The Morgan fingerprint density at radius 3 is 2.58 bits per heavy atom. The summed E-state index contributed by atoms with van der Waals surface area (Å²) in [7, 11) is 1.98. The van der Waals surface area contributed by atoms with E-state index in [0.29, 0.717) is 5.82 Å². The van der Waals surface area contributed by atoms with Crippen molar-refractivity contribution < 1.29 is 0 Å². The number of nitrogens with one attached hydrogen (secondary N) is 2. The van der Waals surface area contributed by atoms with Gasteiger partial charge in [-0.15, -0.1) is 0 Å². The van der Waals surface area contributed by atoms with E-state index in [1.165, 1.54) is 48.8 Å². The predicted molar refractivity (Wildman–Crippen MR) is 129 cm³/mol. The zero-order valence-electron chi connectivity index (χ0n) is 19.2. The van der Waals surface area contributed by atoms with E-state index in [0.717, 1.165) is 42.5 Å². The molecule has 1 aromatic carbocycles. The highest BCUT2D eigenvalue weighted by molar-refractivity contribution is 5.63. The first-order valence-electron chi connectivity index (χ1n) is 11.9. The van der Waals surface area contributed by atoms with Crippen LogP contribution < -0.4 is 5.32 Å². The Morgan fingerprint density at radius 1 is 1.00 bits per heavy atom. The van der Waals surface area contributed by atoms with Gasteiger partial charge in [-0.05, 0) is 36.5 Å². The lowest BCUT2D eigenvalue weighted by Gasteiger charge is -2.22. The molecule has 1 saturated carbocycles. The third kappa shape index (κ3) is 5.20. The molecule has 4 aromatic rings. The van der Waals surface area contributed by atoms with Crippen LogP contribution in [0.3, 0.4) is 0 Å². The molecule has 0 radical (unpaired) electrons. The average molecular weight is 442 g/mol. The highest BCUT2D eigenvalue weighted by Gasteiger charge is 2.16. The van der Waals surface area contributed by atoms with E-state index in [1.54, 1.807) is 12.4 Å². The molecular formula is C26H31N7. The normalized spacial score (nSPS) is 14.6. The third-order valence-electron chi connectivity index (χ3n) is 6.49. The molecule has 0 spiro atoms. The van der Waals surface area contributed by atoms with Gasteiger partial charge in [-0.25, -0.2) is 4.98 Å². The maximum Gasteiger partial charge on any atom is 0.181 e. The number of H-pyrrole nitrogens is 1. The minimum atomic E-state index is 0.707. The highest BCUT2D eigenvalue weighted by Crippen LogP contribution is 2.33. The number of hydrogen-bond acceptors (Lipinski definition) is 5. The summed E-state index contributed by atoms with van der Waals surface area (Å²) >= 11 is 0. The highest BCUT2D eigenvalue weighted by atomic mass is 15.3. The quantitative estimate of drug-likeness (QED) is 0.389. The molecule has 0 unspecified atom stereocenters. The van der Waals surface area contributed by atoms with Crippen molar-refractivity contribution in [2.45, 2.75) is 51.0 Å². The van der Waals surface area contributed by atoms with Crippen molar-refractivity contribution in [3.05, 3.63) is 71.9 Å². The van der Waals surface area contributed by atoms with E-state index < -0.39 is 0 Å². The van der Waals surface area contributed by atoms with Crippen LogP contribution in [0, 0.1) is 0 Å². The summed E-state index contributed by atoms with van der Waals surface area (Å²) in [5, 5.41) is 15.6. The number of hydrogen-bond donors (Lipinski definition) is 2. The van der Waals surface area contributed by atoms with Crippen LogP contribution in [0.5, 0.6) is 0 Å². The maximum absolute atomic E-state index is 4.74. The summed E-state index contributed by atoms with van der Waals surface area (Å²) in [6, 6.07) is 12.9. The number of rotatable bonds is 8. The van der Waals surface area contributed by atoms with Crippen molar-refractivity contribution in [3.63, 3.8) is 0 Å². The van der Waals surface area contributed by atoms with E-state index in [1.807, 2.05) is 23.9 Å². The first-order valence-corrected chi connectivity index (χ1v) is 11.9. The number of aromatic nitrogens is 6. The molecule has 0 aliphatic heterocycles. The molecule has 1 fully saturated rings. The van der Waals surface area contributed by atoms with Crippen LogP contribution in [-0.2, 0) is 20.0 Å². The number of aromatic amines is 1. The topological polar surface area (TPSA) is 84.3 Å². The van der Waals surface area contributed by atoms with Crippen LogP contribution in [0.4, 0.5) is 0 Å². The van der Waals surface area contributed by atoms with Gasteiger partial charge in [0, 0.05) is 61.8 Å². The summed E-state index contributed by atoms with van der Waals surface area (Å²) in [6.07, 6.45) is 13.2. The summed E-state index contributed by atoms with van der Waals surface area (Å²) in [5.41, 5.74) is 5.89. The molecule has 1 aliphatic rings. The Balaban J connectivity index is 1.18. The predicted octanol–water partition coefficient (Wildman–Crippen LogP) is 4.65. The van der Waals surface area contributed by atoms with E-state index >= 15 is 0 Å². The molecule has 5 rings (SSSR count). The molecule has 3 heterocycles. The summed E-state index contributed by atoms with van der Waals surface area (Å²) in [6.45, 7) is 1.57. The molecule has 0 bridgehead atoms. The molecule has 0 atom stereocenters. The second-order valence-corrected chi connectivity index (χ2v) is 8.90.